The summed E-state index contributed by atoms with van der Waals surface area (Å²) in [5, 5.41) is 0.129. The maximum atomic E-state index is 15.2. The summed E-state index contributed by atoms with van der Waals surface area (Å²) >= 11 is 0. The van der Waals surface area contributed by atoms with Crippen LogP contribution in [-0.4, -0.2) is 76.8 Å². The molecular weight excluding hydrogens is 709 g/mol. The molecule has 4 aromatic rings. The number of amides is 2. The van der Waals surface area contributed by atoms with E-state index in [1.165, 1.54) is 4.90 Å². The molecule has 2 saturated carbocycles. The summed E-state index contributed by atoms with van der Waals surface area (Å²) in [7, 11) is -4.01. The standard InChI is InChI=1S/C38H41F2N5O7S/c39-38(40)15-7-1-2-9-26(41)35(47)45-21-24(17-29(45)30(46)20-37(18-23(37)19-38)36(48)44-53(49,50)25-13-14-25)51-34-33(42-27-10-4-5-11-28(27)43-34)32-16-22-8-3-6-12-31(22)52-32/h3-6,8,10-12,16,23-26,29H,1-2,7,9,13-15,17-21,41H2,(H,44,48)/t23-,24+,26-,29-,37+/m0/s1. The zero-order chi connectivity index (χ0) is 37.1. The van der Waals surface area contributed by atoms with Crippen LogP contribution in [0, 0.1) is 11.3 Å². The Hall–Kier alpha value is -4.50. The number of alkyl halides is 2. The molecule has 0 spiro atoms. The van der Waals surface area contributed by atoms with Crippen molar-refractivity contribution in [1.29, 1.82) is 0 Å². The van der Waals surface area contributed by atoms with Crippen molar-refractivity contribution < 1.29 is 40.7 Å². The molecule has 0 unspecified atom stereocenters. The first-order chi connectivity index (χ1) is 25.3. The number of ether oxygens (including phenoxy) is 1. The predicted octanol–water partition coefficient (Wildman–Crippen LogP) is 5.28. The first-order valence-electron chi connectivity index (χ1n) is 18.3. The average Bonchev–Trinajstić information content (AvgIpc) is 4.00. The van der Waals surface area contributed by atoms with E-state index < -0.39 is 87.6 Å². The van der Waals surface area contributed by atoms with Gasteiger partial charge in [-0.3, -0.25) is 19.1 Å². The second-order valence-corrected chi connectivity index (χ2v) is 17.1. The monoisotopic (exact) mass is 749 g/mol. The Bertz CT molecular complexity index is 2180. The maximum absolute atomic E-state index is 15.2. The van der Waals surface area contributed by atoms with Gasteiger partial charge in [-0.05, 0) is 62.3 Å². The third kappa shape index (κ3) is 7.12. The lowest BCUT2D eigenvalue weighted by Gasteiger charge is -2.27. The van der Waals surface area contributed by atoms with Gasteiger partial charge in [0.15, 0.2) is 17.2 Å². The average molecular weight is 750 g/mol. The van der Waals surface area contributed by atoms with Crippen LogP contribution in [0.3, 0.4) is 0 Å². The third-order valence-electron chi connectivity index (χ3n) is 11.2. The number of Topliss-reactive ketones (excluding diaryl/α,β-unsaturated/α-hetero) is 1. The van der Waals surface area contributed by atoms with Gasteiger partial charge in [0.05, 0.1) is 40.3 Å². The summed E-state index contributed by atoms with van der Waals surface area (Å²) < 4.78 is 70.7. The number of nitrogens with two attached hydrogens (primary N) is 1. The van der Waals surface area contributed by atoms with Crippen molar-refractivity contribution >= 4 is 49.6 Å². The molecule has 0 radical (unpaired) electrons. The van der Waals surface area contributed by atoms with Gasteiger partial charge in [-0.1, -0.05) is 43.2 Å². The Morgan fingerprint density at radius 3 is 2.47 bits per heavy atom. The molecule has 2 saturated heterocycles. The zero-order valence-electron chi connectivity index (χ0n) is 29.0. The van der Waals surface area contributed by atoms with E-state index in [1.807, 2.05) is 48.5 Å². The molecule has 8 rings (SSSR count). The van der Waals surface area contributed by atoms with E-state index in [9.17, 15) is 22.8 Å². The number of rotatable bonds is 6. The molecule has 280 valence electrons. The largest absolute Gasteiger partial charge is 0.471 e. The number of ketones is 1. The Kier molecular flexibility index (Phi) is 8.99. The van der Waals surface area contributed by atoms with Crippen molar-refractivity contribution in [2.45, 2.75) is 100.0 Å². The molecule has 5 atom stereocenters. The molecule has 53 heavy (non-hydrogen) atoms. The number of hydrogen-bond donors (Lipinski definition) is 2. The number of nitrogens with one attached hydrogen (secondary N) is 1. The highest BCUT2D eigenvalue weighted by molar-refractivity contribution is 7.90. The fourth-order valence-corrected chi connectivity index (χ4v) is 9.37. The third-order valence-corrected chi connectivity index (χ3v) is 13.0. The number of para-hydroxylation sites is 3. The normalized spacial score (nSPS) is 28.2. The van der Waals surface area contributed by atoms with E-state index in [4.69, 9.17) is 24.9 Å². The second kappa shape index (κ2) is 13.4. The lowest BCUT2D eigenvalue weighted by molar-refractivity contribution is -0.140. The van der Waals surface area contributed by atoms with Crippen LogP contribution in [0.4, 0.5) is 8.78 Å². The molecule has 4 aliphatic rings. The Morgan fingerprint density at radius 2 is 1.72 bits per heavy atom. The summed E-state index contributed by atoms with van der Waals surface area (Å²) in [5.74, 6) is -5.44. The molecular formula is C38H41F2N5O7S. The van der Waals surface area contributed by atoms with Crippen LogP contribution >= 0.6 is 0 Å². The van der Waals surface area contributed by atoms with Gasteiger partial charge < -0.3 is 19.8 Å². The maximum Gasteiger partial charge on any atom is 0.248 e. The lowest BCUT2D eigenvalue weighted by Crippen LogP contribution is -2.49. The number of benzene rings is 2. The Balaban J connectivity index is 1.11. The van der Waals surface area contributed by atoms with Crippen molar-refractivity contribution in [3.8, 4) is 17.3 Å². The smallest absolute Gasteiger partial charge is 0.248 e. The molecule has 2 aromatic carbocycles. The van der Waals surface area contributed by atoms with E-state index in [0.717, 1.165) is 5.39 Å². The SMILES string of the molecule is N[C@H]1CCCCCC(F)(F)C[C@@H]2C[C@@]2(C(=O)NS(=O)(=O)C2CC2)CC(=O)[C@@H]2C[C@@H](Oc3nc4ccccc4nc3-c3cc4ccccc4o3)CN2C1=O. The number of carbonyl (C=O) groups is 3. The molecule has 3 N–H and O–H groups in total. The van der Waals surface area contributed by atoms with Gasteiger partial charge in [0.25, 0.3) is 0 Å². The quantitative estimate of drug-likeness (QED) is 0.264. The van der Waals surface area contributed by atoms with Crippen molar-refractivity contribution in [2.24, 2.45) is 17.1 Å². The fraction of sp³-hybridized carbons (Fsp3) is 0.500. The first-order valence-corrected chi connectivity index (χ1v) is 19.8. The van der Waals surface area contributed by atoms with Crippen LogP contribution in [0.5, 0.6) is 5.88 Å². The molecule has 15 heteroatoms. The van der Waals surface area contributed by atoms with E-state index in [-0.39, 0.29) is 38.1 Å². The number of sulfonamides is 1. The van der Waals surface area contributed by atoms with Crippen LogP contribution in [0.15, 0.2) is 59.0 Å². The zero-order valence-corrected chi connectivity index (χ0v) is 29.8. The molecule has 2 aromatic heterocycles. The van der Waals surface area contributed by atoms with Gasteiger partial charge in [0, 0.05) is 31.1 Å². The van der Waals surface area contributed by atoms with Gasteiger partial charge in [-0.25, -0.2) is 27.2 Å². The van der Waals surface area contributed by atoms with Crippen molar-refractivity contribution in [3.05, 3.63) is 54.6 Å². The van der Waals surface area contributed by atoms with Crippen LogP contribution in [0.25, 0.3) is 33.5 Å². The van der Waals surface area contributed by atoms with Crippen molar-refractivity contribution in [1.82, 2.24) is 19.6 Å². The molecule has 2 aliphatic heterocycles. The van der Waals surface area contributed by atoms with E-state index in [2.05, 4.69) is 4.72 Å². The summed E-state index contributed by atoms with van der Waals surface area (Å²) in [6.07, 6.45) is -0.283. The number of fused-ring (bicyclic) bond motifs is 4. The Morgan fingerprint density at radius 1 is 0.981 bits per heavy atom. The van der Waals surface area contributed by atoms with Gasteiger partial charge >= 0.3 is 0 Å². The van der Waals surface area contributed by atoms with Crippen molar-refractivity contribution in [2.75, 3.05) is 6.54 Å². The van der Waals surface area contributed by atoms with Gasteiger partial charge in [0.2, 0.25) is 33.6 Å². The topological polar surface area (TPSA) is 175 Å². The highest BCUT2D eigenvalue weighted by Crippen LogP contribution is 2.60. The number of hydrogen-bond acceptors (Lipinski definition) is 10. The highest BCUT2D eigenvalue weighted by atomic mass is 32.2. The van der Waals surface area contributed by atoms with Gasteiger partial charge in [-0.2, -0.15) is 0 Å². The number of halogens is 2. The molecule has 0 bridgehead atoms. The van der Waals surface area contributed by atoms with Crippen LogP contribution < -0.4 is 15.2 Å². The fourth-order valence-electron chi connectivity index (χ4n) is 7.98. The van der Waals surface area contributed by atoms with Gasteiger partial charge in [-0.15, -0.1) is 0 Å². The van der Waals surface area contributed by atoms with Gasteiger partial charge in [0.1, 0.15) is 11.7 Å². The van der Waals surface area contributed by atoms with Crippen LogP contribution in [-0.2, 0) is 24.4 Å². The minimum absolute atomic E-state index is 0.00423. The van der Waals surface area contributed by atoms with E-state index in [0.29, 0.717) is 53.8 Å². The van der Waals surface area contributed by atoms with Crippen molar-refractivity contribution in [3.63, 3.8) is 0 Å². The van der Waals surface area contributed by atoms with Crippen LogP contribution in [0.2, 0.25) is 0 Å². The number of carbonyl (C=O) groups excluding carboxylic acids is 3. The summed E-state index contributed by atoms with van der Waals surface area (Å²) in [4.78, 5) is 52.9. The minimum atomic E-state index is -4.01. The number of aromatic nitrogens is 2. The second-order valence-electron chi connectivity index (χ2n) is 15.1. The molecule has 2 aliphatic carbocycles. The number of furan rings is 1. The molecule has 2 amide bonds. The van der Waals surface area contributed by atoms with E-state index in [1.54, 1.807) is 6.07 Å². The summed E-state index contributed by atoms with van der Waals surface area (Å²) in [6.45, 7) is -0.0340. The Labute approximate surface area is 304 Å². The lowest BCUT2D eigenvalue weighted by atomic mass is 9.89. The first kappa shape index (κ1) is 35.5. The highest BCUT2D eigenvalue weighted by Gasteiger charge is 2.64. The summed E-state index contributed by atoms with van der Waals surface area (Å²) in [5.41, 5.74) is 6.84. The predicted molar refractivity (Wildman–Crippen MR) is 190 cm³/mol. The molecule has 12 nitrogen and oxygen atoms in total. The van der Waals surface area contributed by atoms with Crippen LogP contribution in [0.1, 0.15) is 70.6 Å². The number of nitrogens with zero attached hydrogens (tertiary/aromatic N) is 3. The molecule has 4 fully saturated rings. The minimum Gasteiger partial charge on any atom is -0.471 e. The molecule has 4 heterocycles. The van der Waals surface area contributed by atoms with E-state index >= 15 is 8.78 Å². The summed E-state index contributed by atoms with van der Waals surface area (Å²) in [6, 6.07) is 14.5.